The second-order valence-corrected chi connectivity index (χ2v) is 5.41. The van der Waals surface area contributed by atoms with Crippen LogP contribution in [-0.4, -0.2) is 42.0 Å². The average Bonchev–Trinajstić information content (AvgIpc) is 3.10. The summed E-state index contributed by atoms with van der Waals surface area (Å²) in [6.07, 6.45) is 2.42. The lowest BCUT2D eigenvalue weighted by Gasteiger charge is -2.35. The molecule has 3 heterocycles. The maximum absolute atomic E-state index is 12.4. The predicted molar refractivity (Wildman–Crippen MR) is 85.2 cm³/mol. The normalized spacial score (nSPS) is 14.6. The highest BCUT2D eigenvalue weighted by molar-refractivity contribution is 5.91. The number of piperazine rings is 1. The highest BCUT2D eigenvalue weighted by atomic mass is 16.4. The summed E-state index contributed by atoms with van der Waals surface area (Å²) in [7, 11) is 0. The first-order valence-electron chi connectivity index (χ1n) is 7.70. The molecule has 118 valence electrons. The molecular weight excluding hydrogens is 292 g/mol. The summed E-state index contributed by atoms with van der Waals surface area (Å²) in [5.41, 5.74) is 0.594. The molecule has 1 aliphatic heterocycles. The Morgan fingerprint density at radius 2 is 2.09 bits per heavy atom. The maximum atomic E-state index is 12.4. The minimum absolute atomic E-state index is 0.0666. The number of nitriles is 1. The Labute approximate surface area is 134 Å². The number of furan rings is 1. The van der Waals surface area contributed by atoms with Crippen LogP contribution in [0.2, 0.25) is 0 Å². The van der Waals surface area contributed by atoms with Crippen molar-refractivity contribution in [3.63, 3.8) is 0 Å². The van der Waals surface area contributed by atoms with Gasteiger partial charge < -0.3 is 14.2 Å². The molecule has 0 N–H and O–H groups in total. The van der Waals surface area contributed by atoms with Crippen LogP contribution in [0, 0.1) is 11.3 Å². The predicted octanol–water partition coefficient (Wildman–Crippen LogP) is 2.07. The molecular formula is C17H18N4O2. The highest BCUT2D eigenvalue weighted by Crippen LogP contribution is 2.17. The number of amides is 1. The van der Waals surface area contributed by atoms with E-state index < -0.39 is 0 Å². The van der Waals surface area contributed by atoms with E-state index >= 15 is 0 Å². The molecule has 1 saturated heterocycles. The lowest BCUT2D eigenvalue weighted by atomic mass is 10.2. The largest absolute Gasteiger partial charge is 0.456 e. The third-order valence-electron chi connectivity index (χ3n) is 3.99. The molecule has 2 aromatic heterocycles. The van der Waals surface area contributed by atoms with Crippen molar-refractivity contribution in [1.29, 1.82) is 5.26 Å². The van der Waals surface area contributed by atoms with Gasteiger partial charge in [0.05, 0.1) is 11.6 Å². The molecule has 1 amide bonds. The minimum Gasteiger partial charge on any atom is -0.456 e. The summed E-state index contributed by atoms with van der Waals surface area (Å²) in [6.45, 7) is 4.59. The van der Waals surface area contributed by atoms with Gasteiger partial charge in [0.1, 0.15) is 11.6 Å². The van der Waals surface area contributed by atoms with Crippen LogP contribution in [0.5, 0.6) is 0 Å². The van der Waals surface area contributed by atoms with E-state index in [1.165, 1.54) is 0 Å². The number of carbonyl (C=O) groups excluding carboxylic acids is 1. The van der Waals surface area contributed by atoms with Crippen LogP contribution in [0.4, 0.5) is 5.82 Å². The van der Waals surface area contributed by atoms with Gasteiger partial charge in [0.2, 0.25) is 0 Å². The van der Waals surface area contributed by atoms with Crippen LogP contribution >= 0.6 is 0 Å². The van der Waals surface area contributed by atoms with Crippen LogP contribution in [0.25, 0.3) is 0 Å². The molecule has 6 heteroatoms. The number of aryl methyl sites for hydroxylation is 1. The van der Waals surface area contributed by atoms with Crippen molar-refractivity contribution in [1.82, 2.24) is 9.88 Å². The van der Waals surface area contributed by atoms with Gasteiger partial charge in [0.15, 0.2) is 5.76 Å². The summed E-state index contributed by atoms with van der Waals surface area (Å²) >= 11 is 0. The van der Waals surface area contributed by atoms with Gasteiger partial charge in [-0.3, -0.25) is 4.79 Å². The molecule has 0 aromatic carbocycles. The lowest BCUT2D eigenvalue weighted by Crippen LogP contribution is -2.49. The van der Waals surface area contributed by atoms with E-state index in [0.29, 0.717) is 37.5 Å². The molecule has 6 nitrogen and oxygen atoms in total. The van der Waals surface area contributed by atoms with Gasteiger partial charge in [-0.25, -0.2) is 4.98 Å². The first-order valence-corrected chi connectivity index (χ1v) is 7.70. The van der Waals surface area contributed by atoms with Crippen LogP contribution in [0.3, 0.4) is 0 Å². The van der Waals surface area contributed by atoms with Gasteiger partial charge in [0, 0.05) is 38.8 Å². The molecule has 0 radical (unpaired) electrons. The van der Waals surface area contributed by atoms with Crippen LogP contribution in [-0.2, 0) is 6.42 Å². The summed E-state index contributed by atoms with van der Waals surface area (Å²) in [5.74, 6) is 1.94. The zero-order valence-corrected chi connectivity index (χ0v) is 13.0. The van der Waals surface area contributed by atoms with E-state index in [0.717, 1.165) is 18.0 Å². The number of hydrogen-bond donors (Lipinski definition) is 0. The lowest BCUT2D eigenvalue weighted by molar-refractivity contribution is 0.0712. The Morgan fingerprint density at radius 3 is 2.74 bits per heavy atom. The third kappa shape index (κ3) is 3.19. The van der Waals surface area contributed by atoms with Crippen molar-refractivity contribution in [3.8, 4) is 6.07 Å². The fourth-order valence-electron chi connectivity index (χ4n) is 2.64. The molecule has 0 bridgehead atoms. The smallest absolute Gasteiger partial charge is 0.289 e. The summed E-state index contributed by atoms with van der Waals surface area (Å²) in [6, 6.07) is 9.17. The van der Waals surface area contributed by atoms with Gasteiger partial charge in [-0.15, -0.1) is 0 Å². The first kappa shape index (κ1) is 15.1. The highest BCUT2D eigenvalue weighted by Gasteiger charge is 2.24. The number of nitrogens with zero attached hydrogens (tertiary/aromatic N) is 4. The van der Waals surface area contributed by atoms with Crippen LogP contribution in [0.15, 0.2) is 34.9 Å². The fraction of sp³-hybridized carbons (Fsp3) is 0.353. The van der Waals surface area contributed by atoms with Crippen molar-refractivity contribution in [3.05, 3.63) is 47.5 Å². The molecule has 1 aliphatic rings. The fourth-order valence-corrected chi connectivity index (χ4v) is 2.64. The second kappa shape index (κ2) is 6.53. The molecule has 0 unspecified atom stereocenters. The summed E-state index contributed by atoms with van der Waals surface area (Å²) in [4.78, 5) is 20.6. The van der Waals surface area contributed by atoms with E-state index in [4.69, 9.17) is 9.68 Å². The Balaban J connectivity index is 1.63. The molecule has 1 fully saturated rings. The summed E-state index contributed by atoms with van der Waals surface area (Å²) in [5, 5.41) is 8.96. The van der Waals surface area contributed by atoms with E-state index in [9.17, 15) is 4.79 Å². The molecule has 2 aromatic rings. The number of carbonyl (C=O) groups is 1. The van der Waals surface area contributed by atoms with Crippen LogP contribution in [0.1, 0.15) is 28.8 Å². The number of pyridine rings is 1. The maximum Gasteiger partial charge on any atom is 0.289 e. The Bertz CT molecular complexity index is 739. The zero-order chi connectivity index (χ0) is 16.2. The van der Waals surface area contributed by atoms with Gasteiger partial charge in [-0.05, 0) is 24.3 Å². The van der Waals surface area contributed by atoms with E-state index in [1.807, 2.05) is 13.0 Å². The van der Waals surface area contributed by atoms with Crippen molar-refractivity contribution in [2.75, 3.05) is 31.1 Å². The van der Waals surface area contributed by atoms with Gasteiger partial charge in [0.25, 0.3) is 5.91 Å². The zero-order valence-electron chi connectivity index (χ0n) is 13.0. The van der Waals surface area contributed by atoms with E-state index in [2.05, 4.69) is 16.0 Å². The average molecular weight is 310 g/mol. The minimum atomic E-state index is -0.0666. The molecule has 23 heavy (non-hydrogen) atoms. The standard InChI is InChI=1S/C17H18N4O2/c1-2-14-3-4-15(23-14)17(22)21-9-7-20(8-10-21)16-11-13(12-18)5-6-19-16/h3-6,11H,2,7-10H2,1H3. The molecule has 0 spiro atoms. The molecule has 3 rings (SSSR count). The van der Waals surface area contributed by atoms with E-state index in [-0.39, 0.29) is 5.91 Å². The monoisotopic (exact) mass is 310 g/mol. The van der Waals surface area contributed by atoms with Gasteiger partial charge in [-0.2, -0.15) is 5.26 Å². The number of rotatable bonds is 3. The Kier molecular flexibility index (Phi) is 4.29. The number of hydrogen-bond acceptors (Lipinski definition) is 5. The quantitative estimate of drug-likeness (QED) is 0.867. The Hall–Kier alpha value is -2.81. The van der Waals surface area contributed by atoms with Crippen LogP contribution < -0.4 is 4.90 Å². The SMILES string of the molecule is CCc1ccc(C(=O)N2CCN(c3cc(C#N)ccn3)CC2)o1. The van der Waals surface area contributed by atoms with Gasteiger partial charge >= 0.3 is 0 Å². The van der Waals surface area contributed by atoms with E-state index in [1.54, 1.807) is 29.3 Å². The first-order chi connectivity index (χ1) is 11.2. The molecule has 0 aliphatic carbocycles. The third-order valence-corrected chi connectivity index (χ3v) is 3.99. The number of aromatic nitrogens is 1. The molecule has 0 saturated carbocycles. The molecule has 0 atom stereocenters. The van der Waals surface area contributed by atoms with Crippen molar-refractivity contribution in [2.24, 2.45) is 0 Å². The number of anilines is 1. The Morgan fingerprint density at radius 1 is 1.30 bits per heavy atom. The topological polar surface area (TPSA) is 73.4 Å². The van der Waals surface area contributed by atoms with Crippen molar-refractivity contribution >= 4 is 11.7 Å². The second-order valence-electron chi connectivity index (χ2n) is 5.41. The van der Waals surface area contributed by atoms with Crippen molar-refractivity contribution in [2.45, 2.75) is 13.3 Å². The van der Waals surface area contributed by atoms with Crippen molar-refractivity contribution < 1.29 is 9.21 Å². The van der Waals surface area contributed by atoms with Gasteiger partial charge in [-0.1, -0.05) is 6.92 Å². The summed E-state index contributed by atoms with van der Waals surface area (Å²) < 4.78 is 5.54.